The summed E-state index contributed by atoms with van der Waals surface area (Å²) in [5.74, 6) is 1.66. The monoisotopic (exact) mass is 227 g/mol. The standard InChI is InChI=1S/C11H17NO2S/c1-3-9-7-15(13)8(2)11(12-9)10-5-4-6-14-10/h4-6,8-9,11-12H,3,7H2,1-2H3. The zero-order valence-corrected chi connectivity index (χ0v) is 9.92. The second-order valence-corrected chi connectivity index (χ2v) is 5.86. The molecule has 1 aliphatic heterocycles. The van der Waals surface area contributed by atoms with Crippen LogP contribution in [0.1, 0.15) is 32.1 Å². The highest BCUT2D eigenvalue weighted by Gasteiger charge is 2.33. The van der Waals surface area contributed by atoms with E-state index in [1.807, 2.05) is 19.1 Å². The summed E-state index contributed by atoms with van der Waals surface area (Å²) in [5, 5.41) is 3.62. The first-order chi connectivity index (χ1) is 7.22. The van der Waals surface area contributed by atoms with Crippen LogP contribution in [0, 0.1) is 0 Å². The van der Waals surface area contributed by atoms with Crippen molar-refractivity contribution in [3.05, 3.63) is 24.2 Å². The average molecular weight is 227 g/mol. The van der Waals surface area contributed by atoms with Gasteiger partial charge < -0.3 is 9.73 Å². The van der Waals surface area contributed by atoms with Gasteiger partial charge in [-0.05, 0) is 25.5 Å². The van der Waals surface area contributed by atoms with Crippen molar-refractivity contribution in [2.24, 2.45) is 0 Å². The lowest BCUT2D eigenvalue weighted by Crippen LogP contribution is -2.48. The van der Waals surface area contributed by atoms with Crippen LogP contribution in [0.5, 0.6) is 0 Å². The lowest BCUT2D eigenvalue weighted by molar-refractivity contribution is 0.359. The van der Waals surface area contributed by atoms with Crippen molar-refractivity contribution in [2.75, 3.05) is 5.75 Å². The van der Waals surface area contributed by atoms with Crippen molar-refractivity contribution < 1.29 is 8.63 Å². The maximum atomic E-state index is 11.9. The SMILES string of the molecule is CCC1CS(=O)C(C)C(c2ccco2)N1. The van der Waals surface area contributed by atoms with E-state index in [1.165, 1.54) is 0 Å². The Morgan fingerprint density at radius 3 is 3.07 bits per heavy atom. The second-order valence-electron chi connectivity index (χ2n) is 4.02. The molecule has 0 aliphatic carbocycles. The molecule has 2 rings (SSSR count). The van der Waals surface area contributed by atoms with Gasteiger partial charge in [-0.15, -0.1) is 0 Å². The molecule has 0 bridgehead atoms. The highest BCUT2D eigenvalue weighted by atomic mass is 32.2. The van der Waals surface area contributed by atoms with E-state index in [2.05, 4.69) is 12.2 Å². The van der Waals surface area contributed by atoms with Crippen molar-refractivity contribution in [2.45, 2.75) is 37.6 Å². The maximum Gasteiger partial charge on any atom is 0.121 e. The summed E-state index contributed by atoms with van der Waals surface area (Å²) in [6.07, 6.45) is 2.68. The van der Waals surface area contributed by atoms with Gasteiger partial charge in [0.15, 0.2) is 0 Å². The Kier molecular flexibility index (Phi) is 3.26. The fourth-order valence-electron chi connectivity index (χ4n) is 1.96. The summed E-state index contributed by atoms with van der Waals surface area (Å²) < 4.78 is 17.3. The molecule has 0 saturated carbocycles. The van der Waals surface area contributed by atoms with E-state index in [0.717, 1.165) is 17.9 Å². The minimum Gasteiger partial charge on any atom is -0.468 e. The summed E-state index contributed by atoms with van der Waals surface area (Å²) >= 11 is 0. The highest BCUT2D eigenvalue weighted by Crippen LogP contribution is 2.26. The first-order valence-corrected chi connectivity index (χ1v) is 6.77. The van der Waals surface area contributed by atoms with Gasteiger partial charge >= 0.3 is 0 Å². The van der Waals surface area contributed by atoms with Crippen LogP contribution in [-0.2, 0) is 10.8 Å². The molecule has 15 heavy (non-hydrogen) atoms. The van der Waals surface area contributed by atoms with E-state index in [4.69, 9.17) is 4.42 Å². The highest BCUT2D eigenvalue weighted by molar-refractivity contribution is 7.85. The minimum atomic E-state index is -0.752. The van der Waals surface area contributed by atoms with Crippen LogP contribution in [0.4, 0.5) is 0 Å². The predicted molar refractivity (Wildman–Crippen MR) is 61.1 cm³/mol. The van der Waals surface area contributed by atoms with Crippen molar-refractivity contribution >= 4 is 10.8 Å². The van der Waals surface area contributed by atoms with E-state index >= 15 is 0 Å². The van der Waals surface area contributed by atoms with E-state index in [-0.39, 0.29) is 11.3 Å². The van der Waals surface area contributed by atoms with Gasteiger partial charge in [0.1, 0.15) is 5.76 Å². The maximum absolute atomic E-state index is 11.9. The fourth-order valence-corrected chi connectivity index (χ4v) is 3.51. The number of hydrogen-bond donors (Lipinski definition) is 1. The molecule has 3 nitrogen and oxygen atoms in total. The quantitative estimate of drug-likeness (QED) is 0.838. The van der Waals surface area contributed by atoms with Crippen molar-refractivity contribution in [1.82, 2.24) is 5.32 Å². The normalized spacial score (nSPS) is 36.7. The molecule has 1 aromatic heterocycles. The Hall–Kier alpha value is -0.610. The summed E-state index contributed by atoms with van der Waals surface area (Å²) in [7, 11) is -0.752. The third-order valence-electron chi connectivity index (χ3n) is 3.01. The van der Waals surface area contributed by atoms with Gasteiger partial charge in [-0.3, -0.25) is 4.21 Å². The van der Waals surface area contributed by atoms with Gasteiger partial charge in [-0.2, -0.15) is 0 Å². The van der Waals surface area contributed by atoms with Crippen molar-refractivity contribution in [3.63, 3.8) is 0 Å². The minimum absolute atomic E-state index is 0.0968. The zero-order valence-electron chi connectivity index (χ0n) is 9.10. The van der Waals surface area contributed by atoms with Crippen molar-refractivity contribution in [3.8, 4) is 0 Å². The predicted octanol–water partition coefficient (Wildman–Crippen LogP) is 1.84. The van der Waals surface area contributed by atoms with Crippen molar-refractivity contribution in [1.29, 1.82) is 0 Å². The molecule has 1 N–H and O–H groups in total. The molecular weight excluding hydrogens is 210 g/mol. The van der Waals surface area contributed by atoms with E-state index < -0.39 is 10.8 Å². The molecule has 4 heteroatoms. The first-order valence-electron chi connectivity index (χ1n) is 5.39. The Morgan fingerprint density at radius 1 is 1.67 bits per heavy atom. The number of nitrogens with one attached hydrogen (secondary N) is 1. The summed E-state index contributed by atoms with van der Waals surface area (Å²) in [5.41, 5.74) is 0. The van der Waals surface area contributed by atoms with Crippen LogP contribution < -0.4 is 5.32 Å². The molecule has 0 aromatic carbocycles. The van der Waals surface area contributed by atoms with Crippen LogP contribution in [-0.4, -0.2) is 21.3 Å². The summed E-state index contributed by atoms with van der Waals surface area (Å²) in [4.78, 5) is 0. The van der Waals surface area contributed by atoms with Gasteiger partial charge in [-0.1, -0.05) is 6.92 Å². The molecule has 1 aliphatic rings. The Balaban J connectivity index is 2.19. The fraction of sp³-hybridized carbons (Fsp3) is 0.636. The molecule has 84 valence electrons. The molecule has 4 unspecified atom stereocenters. The lowest BCUT2D eigenvalue weighted by Gasteiger charge is -2.33. The van der Waals surface area contributed by atoms with Gasteiger partial charge in [0.25, 0.3) is 0 Å². The van der Waals surface area contributed by atoms with Gasteiger partial charge in [0, 0.05) is 22.6 Å². The molecule has 1 fully saturated rings. The van der Waals surface area contributed by atoms with Crippen LogP contribution in [0.25, 0.3) is 0 Å². The van der Waals surface area contributed by atoms with Gasteiger partial charge in [0.05, 0.1) is 17.6 Å². The second kappa shape index (κ2) is 4.49. The van der Waals surface area contributed by atoms with E-state index in [9.17, 15) is 4.21 Å². The largest absolute Gasteiger partial charge is 0.468 e. The van der Waals surface area contributed by atoms with E-state index in [0.29, 0.717) is 6.04 Å². The third kappa shape index (κ3) is 2.16. The summed E-state index contributed by atoms with van der Waals surface area (Å²) in [6, 6.07) is 4.27. The first kappa shape index (κ1) is 10.9. The summed E-state index contributed by atoms with van der Waals surface area (Å²) in [6.45, 7) is 4.13. The van der Waals surface area contributed by atoms with E-state index in [1.54, 1.807) is 6.26 Å². The molecule has 1 saturated heterocycles. The lowest BCUT2D eigenvalue weighted by atomic mass is 10.1. The topological polar surface area (TPSA) is 42.2 Å². The van der Waals surface area contributed by atoms with Crippen LogP contribution in [0.3, 0.4) is 0 Å². The molecule has 0 amide bonds. The Bertz CT molecular complexity index is 336. The molecule has 0 radical (unpaired) electrons. The number of hydrogen-bond acceptors (Lipinski definition) is 3. The Morgan fingerprint density at radius 2 is 2.47 bits per heavy atom. The Labute approximate surface area is 92.7 Å². The van der Waals surface area contributed by atoms with Crippen LogP contribution >= 0.6 is 0 Å². The zero-order chi connectivity index (χ0) is 10.8. The molecular formula is C11H17NO2S. The molecule has 1 aromatic rings. The van der Waals surface area contributed by atoms with Crippen LogP contribution in [0.2, 0.25) is 0 Å². The molecule has 0 spiro atoms. The average Bonchev–Trinajstić information content (AvgIpc) is 2.75. The third-order valence-corrected chi connectivity index (χ3v) is 4.84. The smallest absolute Gasteiger partial charge is 0.121 e. The molecule has 4 atom stereocenters. The number of rotatable bonds is 2. The molecule has 2 heterocycles. The van der Waals surface area contributed by atoms with Gasteiger partial charge in [0.2, 0.25) is 0 Å². The van der Waals surface area contributed by atoms with Crippen LogP contribution in [0.15, 0.2) is 22.8 Å². The number of furan rings is 1. The van der Waals surface area contributed by atoms with Gasteiger partial charge in [-0.25, -0.2) is 0 Å².